The van der Waals surface area contributed by atoms with Crippen LogP contribution in [-0.4, -0.2) is 22.0 Å². The smallest absolute Gasteiger partial charge is 0.334 e. The molecule has 5 atom stereocenters. The number of aliphatic hydroxyl groups is 1. The lowest BCUT2D eigenvalue weighted by Gasteiger charge is -2.46. The number of rotatable bonds is 2. The fourth-order valence-electron chi connectivity index (χ4n) is 7.97. The van der Waals surface area contributed by atoms with Crippen LogP contribution in [0, 0.1) is 16.7 Å². The number of fused-ring (bicyclic) bond motifs is 3. The molecule has 2 spiro atoms. The number of hydrogen-bond acceptors (Lipinski definition) is 3. The topological polar surface area (TPSA) is 58.6 Å². The van der Waals surface area contributed by atoms with Crippen LogP contribution in [0.2, 0.25) is 0 Å². The summed E-state index contributed by atoms with van der Waals surface area (Å²) in [7, 11) is -2.81. The van der Waals surface area contributed by atoms with Gasteiger partial charge in [0.2, 0.25) is 5.76 Å². The van der Waals surface area contributed by atoms with Crippen LogP contribution in [0.3, 0.4) is 0 Å². The van der Waals surface area contributed by atoms with Crippen molar-refractivity contribution in [3.8, 4) is 0 Å². The lowest BCUT2D eigenvalue weighted by molar-refractivity contribution is -0.0317. The monoisotopic (exact) mass is 467 g/mol. The third-order valence-electron chi connectivity index (χ3n) is 9.13. The van der Waals surface area contributed by atoms with E-state index in [2.05, 4.69) is 36.8 Å². The Labute approximate surface area is 195 Å². The van der Waals surface area contributed by atoms with Crippen LogP contribution in [0.15, 0.2) is 72.3 Å². The molecule has 6 heteroatoms. The van der Waals surface area contributed by atoms with E-state index in [1.165, 1.54) is 0 Å². The first-order valence-electron chi connectivity index (χ1n) is 11.1. The second kappa shape index (κ2) is 5.95. The van der Waals surface area contributed by atoms with E-state index >= 15 is 0 Å². The third-order valence-corrected chi connectivity index (χ3v) is 11.1. The molecule has 1 saturated heterocycles. The first-order chi connectivity index (χ1) is 14.8. The highest BCUT2D eigenvalue weighted by Gasteiger charge is 2.92. The number of halogens is 1. The molecule has 7 rings (SSSR count). The van der Waals surface area contributed by atoms with E-state index in [9.17, 15) is 9.32 Å². The van der Waals surface area contributed by atoms with E-state index in [0.717, 1.165) is 35.1 Å². The van der Waals surface area contributed by atoms with E-state index in [1.54, 1.807) is 0 Å². The van der Waals surface area contributed by atoms with E-state index in [1.807, 2.05) is 48.5 Å². The van der Waals surface area contributed by atoms with E-state index in [0.29, 0.717) is 11.5 Å². The Morgan fingerprint density at radius 1 is 1.03 bits per heavy atom. The summed E-state index contributed by atoms with van der Waals surface area (Å²) in [4.78, 5) is 0. The van der Waals surface area contributed by atoms with Crippen LogP contribution in [-0.2, 0) is 18.8 Å². The predicted octanol–water partition coefficient (Wildman–Crippen LogP) is 1.37. The normalized spacial score (nSPS) is 41.7. The van der Waals surface area contributed by atoms with Crippen LogP contribution < -0.4 is 17.1 Å². The first-order valence-corrected chi connectivity index (χ1v) is 12.7. The molecule has 32 heavy (non-hydrogen) atoms. The summed E-state index contributed by atoms with van der Waals surface area (Å²) < 4.78 is 23.9. The molecule has 166 valence electrons. The zero-order valence-corrected chi connectivity index (χ0v) is 19.7. The summed E-state index contributed by atoms with van der Waals surface area (Å²) in [5.74, 6) is 1.21. The van der Waals surface area contributed by atoms with Gasteiger partial charge in [0, 0.05) is 11.1 Å². The van der Waals surface area contributed by atoms with Gasteiger partial charge in [0.15, 0.2) is 5.75 Å². The fraction of sp³-hybridized carbons (Fsp3) is 0.385. The molecule has 1 unspecified atom stereocenters. The van der Waals surface area contributed by atoms with Gasteiger partial charge in [-0.15, -0.1) is 0 Å². The molecule has 2 aromatic carbocycles. The van der Waals surface area contributed by atoms with Gasteiger partial charge in [-0.1, -0.05) is 79.2 Å². The maximum Gasteiger partial charge on any atom is 0.334 e. The number of benzene rings is 2. The molecule has 2 N–H and O–H groups in total. The van der Waals surface area contributed by atoms with Crippen LogP contribution in [0.25, 0.3) is 11.3 Å². The Kier molecular flexibility index (Phi) is 3.84. The molecule has 2 aromatic rings. The standard InChI is InChI=1S/C26H26NO3S.ClH/c1-23(2)20-13-14-24(23)16-31(29)27-26(24)21(22(30-31)18-11-7-4-8-12-18)19(15-25(20,26)28)17-9-5-3-6-10-17;/h3-12,15,20,28H,13-14,16H2,1-2H3,(H,27,29);1H/q+1;/p-1/t20-,24-,25+,26-,31?;/m0./s1. The quantitative estimate of drug-likeness (QED) is 0.656. The summed E-state index contributed by atoms with van der Waals surface area (Å²) >= 11 is 0. The second-order valence-corrected chi connectivity index (χ2v) is 12.3. The summed E-state index contributed by atoms with van der Waals surface area (Å²) in [6.07, 6.45) is 3.96. The van der Waals surface area contributed by atoms with Gasteiger partial charge >= 0.3 is 10.4 Å². The van der Waals surface area contributed by atoms with Crippen molar-refractivity contribution in [1.29, 1.82) is 0 Å². The highest BCUT2D eigenvalue weighted by Crippen LogP contribution is 2.82. The summed E-state index contributed by atoms with van der Waals surface area (Å²) in [5.41, 5.74) is 1.58. The largest absolute Gasteiger partial charge is 1.00 e. The Hall–Kier alpha value is -1.92. The molecule has 2 saturated carbocycles. The minimum absolute atomic E-state index is 0. The van der Waals surface area contributed by atoms with Crippen molar-refractivity contribution in [2.24, 2.45) is 16.7 Å². The number of nitrogens with one attached hydrogen (secondary N) is 1. The molecular weight excluding hydrogens is 442 g/mol. The van der Waals surface area contributed by atoms with E-state index < -0.39 is 21.5 Å². The first kappa shape index (κ1) is 20.7. The molecule has 0 aromatic heterocycles. The fourth-order valence-corrected chi connectivity index (χ4v) is 10.9. The molecule has 4 bridgehead atoms. The average molecular weight is 468 g/mol. The second-order valence-electron chi connectivity index (χ2n) is 10.4. The van der Waals surface area contributed by atoms with Crippen molar-refractivity contribution < 1.29 is 25.9 Å². The highest BCUT2D eigenvalue weighted by atomic mass is 35.5. The Morgan fingerprint density at radius 3 is 2.31 bits per heavy atom. The molecule has 4 nitrogen and oxygen atoms in total. The van der Waals surface area contributed by atoms with Crippen LogP contribution in [0.1, 0.15) is 37.8 Å². The van der Waals surface area contributed by atoms with Crippen LogP contribution >= 0.6 is 0 Å². The van der Waals surface area contributed by atoms with E-state index in [-0.39, 0.29) is 29.2 Å². The highest BCUT2D eigenvalue weighted by molar-refractivity contribution is 7.97. The zero-order chi connectivity index (χ0) is 21.3. The molecule has 0 amide bonds. The molecule has 3 fully saturated rings. The lowest BCUT2D eigenvalue weighted by atomic mass is 9.58. The Morgan fingerprint density at radius 2 is 1.66 bits per heavy atom. The summed E-state index contributed by atoms with van der Waals surface area (Å²) in [6, 6.07) is 20.2. The maximum atomic E-state index is 14.1. The van der Waals surface area contributed by atoms with Gasteiger partial charge in [0.25, 0.3) is 0 Å². The average Bonchev–Trinajstić information content (AvgIpc) is 3.31. The lowest BCUT2D eigenvalue weighted by Crippen LogP contribution is -3.00. The SMILES string of the molecule is CC1(C)[C@@H]2CC[C@]13C[S+]1(=O)N[C@@]34C(=C(c3ccccc3)O1)C(c1ccccc1)=C[C@@]24O.[Cl-]. The van der Waals surface area contributed by atoms with Crippen LogP contribution in [0.5, 0.6) is 0 Å². The van der Waals surface area contributed by atoms with Gasteiger partial charge < -0.3 is 17.5 Å². The molecule has 3 aliphatic carbocycles. The predicted molar refractivity (Wildman–Crippen MR) is 122 cm³/mol. The molecule has 0 radical (unpaired) electrons. The Balaban J connectivity index is 0.00000196. The van der Waals surface area contributed by atoms with Gasteiger partial charge in [-0.3, -0.25) is 4.18 Å². The maximum absolute atomic E-state index is 14.1. The number of hydrogen-bond donors (Lipinski definition) is 2. The van der Waals surface area contributed by atoms with Gasteiger partial charge in [-0.05, 0) is 45.6 Å². The van der Waals surface area contributed by atoms with Crippen molar-refractivity contribution >= 4 is 21.7 Å². The zero-order valence-electron chi connectivity index (χ0n) is 18.1. The van der Waals surface area contributed by atoms with Crippen molar-refractivity contribution in [2.45, 2.75) is 37.8 Å². The molecule has 2 aliphatic heterocycles. The summed E-state index contributed by atoms with van der Waals surface area (Å²) in [6.45, 7) is 4.52. The van der Waals surface area contributed by atoms with Gasteiger partial charge in [-0.25, -0.2) is 0 Å². The van der Waals surface area contributed by atoms with Crippen molar-refractivity contribution in [2.75, 3.05) is 5.75 Å². The molecular formula is C26H26ClNO3S. The summed E-state index contributed by atoms with van der Waals surface area (Å²) in [5, 5.41) is 12.5. The van der Waals surface area contributed by atoms with Gasteiger partial charge in [-0.2, -0.15) is 0 Å². The minimum Gasteiger partial charge on any atom is -1.00 e. The van der Waals surface area contributed by atoms with E-state index in [4.69, 9.17) is 4.18 Å². The van der Waals surface area contributed by atoms with Gasteiger partial charge in [0.1, 0.15) is 11.1 Å². The van der Waals surface area contributed by atoms with Gasteiger partial charge in [0.05, 0.1) is 5.41 Å². The van der Waals surface area contributed by atoms with Crippen molar-refractivity contribution in [1.82, 2.24) is 4.72 Å². The van der Waals surface area contributed by atoms with Crippen LogP contribution in [0.4, 0.5) is 0 Å². The third kappa shape index (κ3) is 1.94. The van der Waals surface area contributed by atoms with Crippen molar-refractivity contribution in [3.05, 3.63) is 83.4 Å². The van der Waals surface area contributed by atoms with Crippen molar-refractivity contribution in [3.63, 3.8) is 0 Å². The Bertz CT molecular complexity index is 1260. The molecule has 2 heterocycles. The molecule has 5 aliphatic rings. The minimum atomic E-state index is -2.81.